The van der Waals surface area contributed by atoms with E-state index in [4.69, 9.17) is 9.47 Å². The van der Waals surface area contributed by atoms with E-state index in [0.29, 0.717) is 6.42 Å². The molecular formula is C17H23NO6. The van der Waals surface area contributed by atoms with Crippen molar-refractivity contribution in [1.82, 2.24) is 4.90 Å². The first-order chi connectivity index (χ1) is 11.3. The molecule has 1 N–H and O–H groups in total. The Bertz CT molecular complexity index is 616. The summed E-state index contributed by atoms with van der Waals surface area (Å²) in [4.78, 5) is 38.7. The number of allylic oxidation sites excluding steroid dienone is 1. The van der Waals surface area contributed by atoms with Crippen LogP contribution < -0.4 is 0 Å². The summed E-state index contributed by atoms with van der Waals surface area (Å²) < 4.78 is 10.4. The van der Waals surface area contributed by atoms with Crippen LogP contribution >= 0.6 is 0 Å². The third-order valence-electron chi connectivity index (χ3n) is 5.90. The molecule has 1 unspecified atom stereocenters. The summed E-state index contributed by atoms with van der Waals surface area (Å²) in [7, 11) is 2.67. The molecular weight excluding hydrogens is 314 g/mol. The predicted octanol–water partition coefficient (Wildman–Crippen LogP) is 0.409. The molecule has 132 valence electrons. The fourth-order valence-electron chi connectivity index (χ4n) is 4.64. The second kappa shape index (κ2) is 5.58. The summed E-state index contributed by atoms with van der Waals surface area (Å²) in [5, 5.41) is 11.2. The highest BCUT2D eigenvalue weighted by Gasteiger charge is 2.77. The van der Waals surface area contributed by atoms with Crippen molar-refractivity contribution in [3.63, 3.8) is 0 Å². The van der Waals surface area contributed by atoms with Crippen LogP contribution in [0.3, 0.4) is 0 Å². The molecule has 0 saturated carbocycles. The lowest BCUT2D eigenvalue weighted by molar-refractivity contribution is -0.192. The molecule has 7 heteroatoms. The highest BCUT2D eigenvalue weighted by atomic mass is 16.6. The van der Waals surface area contributed by atoms with Gasteiger partial charge in [0.05, 0.1) is 25.6 Å². The Balaban J connectivity index is 2.16. The first-order valence-electron chi connectivity index (χ1n) is 8.23. The van der Waals surface area contributed by atoms with Gasteiger partial charge in [-0.15, -0.1) is 0 Å². The van der Waals surface area contributed by atoms with Gasteiger partial charge in [0, 0.05) is 13.0 Å². The van der Waals surface area contributed by atoms with Crippen LogP contribution in [0.2, 0.25) is 0 Å². The second-order valence-electron chi connectivity index (χ2n) is 6.96. The van der Waals surface area contributed by atoms with Crippen LogP contribution in [0.25, 0.3) is 0 Å². The van der Waals surface area contributed by atoms with Crippen LogP contribution in [0, 0.1) is 11.8 Å². The molecule has 24 heavy (non-hydrogen) atoms. The smallest absolute Gasteiger partial charge is 0.338 e. The van der Waals surface area contributed by atoms with E-state index in [0.717, 1.165) is 12.8 Å². The first kappa shape index (κ1) is 17.0. The Morgan fingerprint density at radius 3 is 2.79 bits per heavy atom. The SMILES string of the molecule is COC(=O)[C@]1(C(O)[C@@H]2C=CCCC2)N(C)C(=O)[C@@H]2CC(=O)O[C@@]21C. The number of fused-ring (bicyclic) bond motifs is 1. The summed E-state index contributed by atoms with van der Waals surface area (Å²) >= 11 is 0. The number of likely N-dealkylation sites (N-methyl/N-ethyl adjacent to an activating group) is 1. The number of carbonyl (C=O) groups excluding carboxylic acids is 3. The van der Waals surface area contributed by atoms with Gasteiger partial charge in [0.1, 0.15) is 0 Å². The molecule has 2 saturated heterocycles. The third kappa shape index (κ3) is 1.90. The highest BCUT2D eigenvalue weighted by molar-refractivity contribution is 6.00. The molecule has 1 aliphatic carbocycles. The number of ether oxygens (including phenoxy) is 2. The van der Waals surface area contributed by atoms with Crippen molar-refractivity contribution < 1.29 is 29.0 Å². The fourth-order valence-corrected chi connectivity index (χ4v) is 4.64. The van der Waals surface area contributed by atoms with Crippen molar-refractivity contribution in [3.8, 4) is 0 Å². The third-order valence-corrected chi connectivity index (χ3v) is 5.90. The average Bonchev–Trinajstić information content (AvgIpc) is 2.96. The van der Waals surface area contributed by atoms with E-state index in [9.17, 15) is 19.5 Å². The molecule has 0 aromatic heterocycles. The molecule has 2 heterocycles. The molecule has 1 amide bonds. The molecule has 2 fully saturated rings. The Morgan fingerprint density at radius 2 is 2.21 bits per heavy atom. The van der Waals surface area contributed by atoms with Gasteiger partial charge >= 0.3 is 11.9 Å². The number of likely N-dealkylation sites (tertiary alicyclic amines) is 1. The quantitative estimate of drug-likeness (QED) is 0.592. The molecule has 7 nitrogen and oxygen atoms in total. The Morgan fingerprint density at radius 1 is 1.50 bits per heavy atom. The Kier molecular flexibility index (Phi) is 3.94. The molecule has 0 bridgehead atoms. The molecule has 0 aromatic carbocycles. The number of methoxy groups -OCH3 is 1. The van der Waals surface area contributed by atoms with E-state index in [2.05, 4.69) is 0 Å². The number of hydrogen-bond acceptors (Lipinski definition) is 6. The van der Waals surface area contributed by atoms with E-state index < -0.39 is 35.1 Å². The lowest BCUT2D eigenvalue weighted by Crippen LogP contribution is -2.70. The van der Waals surface area contributed by atoms with Gasteiger partial charge in [-0.1, -0.05) is 12.2 Å². The number of aliphatic hydroxyl groups is 1. The highest BCUT2D eigenvalue weighted by Crippen LogP contribution is 2.54. The van der Waals surface area contributed by atoms with Crippen LogP contribution in [0.4, 0.5) is 0 Å². The summed E-state index contributed by atoms with van der Waals surface area (Å²) in [6, 6.07) is 0. The fraction of sp³-hybridized carbons (Fsp3) is 0.706. The zero-order chi connectivity index (χ0) is 17.7. The average molecular weight is 337 g/mol. The predicted molar refractivity (Wildman–Crippen MR) is 82.6 cm³/mol. The van der Waals surface area contributed by atoms with Crippen molar-refractivity contribution in [1.29, 1.82) is 0 Å². The number of esters is 2. The minimum absolute atomic E-state index is 0.0916. The van der Waals surface area contributed by atoms with Crippen LogP contribution in [-0.2, 0) is 23.9 Å². The number of amides is 1. The van der Waals surface area contributed by atoms with E-state index in [1.807, 2.05) is 12.2 Å². The van der Waals surface area contributed by atoms with Gasteiger partial charge in [0.15, 0.2) is 5.60 Å². The molecule has 2 aliphatic heterocycles. The van der Waals surface area contributed by atoms with Gasteiger partial charge in [-0.05, 0) is 26.2 Å². The van der Waals surface area contributed by atoms with Gasteiger partial charge in [-0.3, -0.25) is 9.59 Å². The Hall–Kier alpha value is -1.89. The van der Waals surface area contributed by atoms with Gasteiger partial charge in [-0.2, -0.15) is 0 Å². The summed E-state index contributed by atoms with van der Waals surface area (Å²) in [5.41, 5.74) is -3.20. The minimum atomic E-state index is -1.75. The Labute approximate surface area is 140 Å². The van der Waals surface area contributed by atoms with Crippen molar-refractivity contribution in [2.45, 2.75) is 49.9 Å². The maximum atomic E-state index is 12.8. The number of hydrogen-bond donors (Lipinski definition) is 1. The van der Waals surface area contributed by atoms with Crippen LogP contribution in [0.15, 0.2) is 12.2 Å². The maximum Gasteiger partial charge on any atom is 0.338 e. The van der Waals surface area contributed by atoms with Crippen molar-refractivity contribution >= 4 is 17.8 Å². The topological polar surface area (TPSA) is 93.1 Å². The summed E-state index contributed by atoms with van der Waals surface area (Å²) in [5.74, 6) is -2.79. The summed E-state index contributed by atoms with van der Waals surface area (Å²) in [6.45, 7) is 1.55. The number of carbonyl (C=O) groups is 3. The van der Waals surface area contributed by atoms with E-state index in [1.165, 1.54) is 19.1 Å². The van der Waals surface area contributed by atoms with Crippen LogP contribution in [0.5, 0.6) is 0 Å². The molecule has 0 aromatic rings. The molecule has 0 radical (unpaired) electrons. The van der Waals surface area contributed by atoms with Crippen molar-refractivity contribution in [2.75, 3.05) is 14.2 Å². The van der Waals surface area contributed by atoms with Crippen LogP contribution in [0.1, 0.15) is 32.6 Å². The first-order valence-corrected chi connectivity index (χ1v) is 8.23. The molecule has 3 rings (SSSR count). The van der Waals surface area contributed by atoms with E-state index >= 15 is 0 Å². The normalized spacial score (nSPS) is 39.6. The van der Waals surface area contributed by atoms with E-state index in [1.54, 1.807) is 6.92 Å². The molecule has 3 aliphatic rings. The number of rotatable bonds is 3. The van der Waals surface area contributed by atoms with Crippen molar-refractivity contribution in [2.24, 2.45) is 11.8 Å². The largest absolute Gasteiger partial charge is 0.467 e. The lowest BCUT2D eigenvalue weighted by Gasteiger charge is -2.47. The van der Waals surface area contributed by atoms with Crippen molar-refractivity contribution in [3.05, 3.63) is 12.2 Å². The second-order valence-corrected chi connectivity index (χ2v) is 6.96. The summed E-state index contributed by atoms with van der Waals surface area (Å²) in [6.07, 6.45) is 4.99. The number of aliphatic hydroxyl groups excluding tert-OH is 1. The zero-order valence-electron chi connectivity index (χ0n) is 14.2. The maximum absolute atomic E-state index is 12.8. The van der Waals surface area contributed by atoms with Gasteiger partial charge in [0.25, 0.3) is 0 Å². The monoisotopic (exact) mass is 337 g/mol. The van der Waals surface area contributed by atoms with E-state index in [-0.39, 0.29) is 18.2 Å². The lowest BCUT2D eigenvalue weighted by atomic mass is 9.68. The minimum Gasteiger partial charge on any atom is -0.467 e. The van der Waals surface area contributed by atoms with Gasteiger partial charge in [-0.25, -0.2) is 4.79 Å². The van der Waals surface area contributed by atoms with Gasteiger partial charge in [0.2, 0.25) is 11.4 Å². The van der Waals surface area contributed by atoms with Crippen LogP contribution in [-0.4, -0.2) is 59.3 Å². The number of nitrogens with zero attached hydrogens (tertiary/aromatic N) is 1. The standard InChI is InChI=1S/C17H23NO6/c1-16-11(9-12(19)24-16)14(21)18(2)17(16,15(22)23-3)13(20)10-7-5-4-6-8-10/h5,7,10-11,13,20H,4,6,8-9H2,1-3H3/t10-,11+,13?,16+,17+/m1/s1. The molecule has 5 atom stereocenters. The zero-order valence-corrected chi connectivity index (χ0v) is 14.2. The van der Waals surface area contributed by atoms with Gasteiger partial charge < -0.3 is 19.5 Å². The molecule has 0 spiro atoms.